The van der Waals surface area contributed by atoms with Gasteiger partial charge in [0.1, 0.15) is 0 Å². The fraction of sp³-hybridized carbons (Fsp3) is 0.333. The van der Waals surface area contributed by atoms with E-state index in [4.69, 9.17) is 0 Å². The second kappa shape index (κ2) is 5.42. The van der Waals surface area contributed by atoms with E-state index in [-0.39, 0.29) is 5.91 Å². The van der Waals surface area contributed by atoms with Gasteiger partial charge in [-0.3, -0.25) is 9.78 Å². The Labute approximate surface area is 94.8 Å². The smallest absolute Gasteiger partial charge is 0.253 e. The van der Waals surface area contributed by atoms with Gasteiger partial charge < -0.3 is 10.6 Å². The van der Waals surface area contributed by atoms with Crippen LogP contribution in [0.4, 0.5) is 0 Å². The van der Waals surface area contributed by atoms with Crippen molar-refractivity contribution in [1.82, 2.24) is 15.6 Å². The molecule has 0 unspecified atom stereocenters. The summed E-state index contributed by atoms with van der Waals surface area (Å²) < 4.78 is 0. The lowest BCUT2D eigenvalue weighted by Crippen LogP contribution is -2.29. The highest BCUT2D eigenvalue weighted by atomic mass is 16.1. The van der Waals surface area contributed by atoms with Gasteiger partial charge in [0.2, 0.25) is 0 Å². The topological polar surface area (TPSA) is 54.0 Å². The number of carbonyl (C=O) groups is 1. The van der Waals surface area contributed by atoms with E-state index in [1.165, 1.54) is 5.57 Å². The average molecular weight is 217 g/mol. The molecule has 2 heterocycles. The van der Waals surface area contributed by atoms with Gasteiger partial charge in [-0.05, 0) is 25.1 Å². The van der Waals surface area contributed by atoms with Gasteiger partial charge in [0.25, 0.3) is 5.91 Å². The Kier molecular flexibility index (Phi) is 3.66. The van der Waals surface area contributed by atoms with Crippen LogP contribution >= 0.6 is 0 Å². The van der Waals surface area contributed by atoms with Gasteiger partial charge >= 0.3 is 0 Å². The summed E-state index contributed by atoms with van der Waals surface area (Å²) in [6.07, 6.45) is 6.37. The molecule has 84 valence electrons. The van der Waals surface area contributed by atoms with Crippen LogP contribution in [0.2, 0.25) is 0 Å². The predicted molar refractivity (Wildman–Crippen MR) is 62.1 cm³/mol. The maximum Gasteiger partial charge on any atom is 0.253 e. The minimum atomic E-state index is -0.0625. The van der Waals surface area contributed by atoms with Crippen LogP contribution in [0.5, 0.6) is 0 Å². The van der Waals surface area contributed by atoms with Crippen molar-refractivity contribution in [3.63, 3.8) is 0 Å². The summed E-state index contributed by atoms with van der Waals surface area (Å²) in [6.45, 7) is 2.53. The Bertz CT molecular complexity index is 387. The highest BCUT2D eigenvalue weighted by molar-refractivity contribution is 5.93. The number of rotatable bonds is 3. The molecule has 0 bridgehead atoms. The fourth-order valence-electron chi connectivity index (χ4n) is 1.62. The fourth-order valence-corrected chi connectivity index (χ4v) is 1.62. The van der Waals surface area contributed by atoms with Crippen molar-refractivity contribution in [2.75, 3.05) is 19.6 Å². The molecule has 0 saturated heterocycles. The van der Waals surface area contributed by atoms with Crippen LogP contribution in [-0.2, 0) is 0 Å². The Balaban J connectivity index is 1.86. The molecule has 4 nitrogen and oxygen atoms in total. The SMILES string of the molecule is O=C(NCC1=CCNCC1)c1cccnc1. The zero-order valence-electron chi connectivity index (χ0n) is 9.07. The molecule has 0 radical (unpaired) electrons. The van der Waals surface area contributed by atoms with Crippen LogP contribution < -0.4 is 10.6 Å². The van der Waals surface area contributed by atoms with E-state index in [9.17, 15) is 4.79 Å². The number of hydrogen-bond acceptors (Lipinski definition) is 3. The minimum Gasteiger partial charge on any atom is -0.348 e. The number of nitrogens with zero attached hydrogens (tertiary/aromatic N) is 1. The van der Waals surface area contributed by atoms with Gasteiger partial charge in [-0.15, -0.1) is 0 Å². The molecule has 1 aliphatic rings. The molecule has 2 rings (SSSR count). The van der Waals surface area contributed by atoms with Gasteiger partial charge in [0, 0.05) is 25.5 Å². The first-order valence-electron chi connectivity index (χ1n) is 5.43. The molecule has 0 spiro atoms. The first kappa shape index (κ1) is 10.8. The predicted octanol–water partition coefficient (Wildman–Crippen LogP) is 0.731. The summed E-state index contributed by atoms with van der Waals surface area (Å²) in [5.41, 5.74) is 1.90. The van der Waals surface area contributed by atoms with E-state index in [0.29, 0.717) is 12.1 Å². The van der Waals surface area contributed by atoms with Crippen molar-refractivity contribution in [1.29, 1.82) is 0 Å². The van der Waals surface area contributed by atoms with Crippen molar-refractivity contribution in [2.45, 2.75) is 6.42 Å². The van der Waals surface area contributed by atoms with Gasteiger partial charge in [-0.25, -0.2) is 0 Å². The largest absolute Gasteiger partial charge is 0.348 e. The molecule has 1 aromatic rings. The van der Waals surface area contributed by atoms with Crippen LogP contribution in [0.3, 0.4) is 0 Å². The van der Waals surface area contributed by atoms with Crippen molar-refractivity contribution in [3.05, 3.63) is 41.7 Å². The zero-order chi connectivity index (χ0) is 11.2. The maximum absolute atomic E-state index is 11.7. The molecule has 0 aliphatic carbocycles. The Hall–Kier alpha value is -1.68. The zero-order valence-corrected chi connectivity index (χ0v) is 9.07. The molecule has 2 N–H and O–H groups in total. The van der Waals surface area contributed by atoms with Gasteiger partial charge in [0.15, 0.2) is 0 Å². The Morgan fingerprint density at radius 1 is 1.56 bits per heavy atom. The minimum absolute atomic E-state index is 0.0625. The summed E-state index contributed by atoms with van der Waals surface area (Å²) in [5, 5.41) is 6.13. The third kappa shape index (κ3) is 2.90. The number of nitrogens with one attached hydrogen (secondary N) is 2. The number of aromatic nitrogens is 1. The van der Waals surface area contributed by atoms with E-state index in [1.807, 2.05) is 0 Å². The van der Waals surface area contributed by atoms with Gasteiger partial charge in [-0.1, -0.05) is 11.6 Å². The molecule has 16 heavy (non-hydrogen) atoms. The number of amides is 1. The van der Waals surface area contributed by atoms with Crippen LogP contribution in [0.1, 0.15) is 16.8 Å². The first-order valence-corrected chi connectivity index (χ1v) is 5.43. The molecule has 0 atom stereocenters. The molecule has 0 saturated carbocycles. The Morgan fingerprint density at radius 3 is 3.19 bits per heavy atom. The van der Waals surface area contributed by atoms with E-state index < -0.39 is 0 Å². The van der Waals surface area contributed by atoms with E-state index in [2.05, 4.69) is 21.7 Å². The second-order valence-electron chi connectivity index (χ2n) is 3.74. The summed E-state index contributed by atoms with van der Waals surface area (Å²) >= 11 is 0. The van der Waals surface area contributed by atoms with E-state index in [0.717, 1.165) is 19.5 Å². The number of hydrogen-bond donors (Lipinski definition) is 2. The lowest BCUT2D eigenvalue weighted by atomic mass is 10.1. The van der Waals surface area contributed by atoms with Crippen molar-refractivity contribution < 1.29 is 4.79 Å². The van der Waals surface area contributed by atoms with Crippen LogP contribution in [0, 0.1) is 0 Å². The van der Waals surface area contributed by atoms with Gasteiger partial charge in [-0.2, -0.15) is 0 Å². The van der Waals surface area contributed by atoms with Crippen LogP contribution in [-0.4, -0.2) is 30.5 Å². The first-order chi connectivity index (χ1) is 7.86. The quantitative estimate of drug-likeness (QED) is 0.734. The molecule has 1 aromatic heterocycles. The lowest BCUT2D eigenvalue weighted by molar-refractivity contribution is 0.0956. The molecule has 0 aromatic carbocycles. The highest BCUT2D eigenvalue weighted by Gasteiger charge is 2.07. The number of carbonyl (C=O) groups excluding carboxylic acids is 1. The summed E-state index contributed by atoms with van der Waals surface area (Å²) in [7, 11) is 0. The normalized spacial score (nSPS) is 15.4. The van der Waals surface area contributed by atoms with Crippen molar-refractivity contribution in [2.24, 2.45) is 0 Å². The standard InChI is InChI=1S/C12H15N3O/c16-12(11-2-1-5-14-9-11)15-8-10-3-6-13-7-4-10/h1-3,5,9,13H,4,6-8H2,(H,15,16). The lowest BCUT2D eigenvalue weighted by Gasteiger charge is -2.14. The highest BCUT2D eigenvalue weighted by Crippen LogP contribution is 2.03. The molecule has 1 amide bonds. The summed E-state index contributed by atoms with van der Waals surface area (Å²) in [6, 6.07) is 3.53. The van der Waals surface area contributed by atoms with Crippen molar-refractivity contribution in [3.8, 4) is 0 Å². The van der Waals surface area contributed by atoms with E-state index in [1.54, 1.807) is 24.5 Å². The van der Waals surface area contributed by atoms with E-state index >= 15 is 0 Å². The molecule has 4 heteroatoms. The van der Waals surface area contributed by atoms with Crippen LogP contribution in [0.15, 0.2) is 36.2 Å². The molecular formula is C12H15N3O. The average Bonchev–Trinajstić information content (AvgIpc) is 2.38. The van der Waals surface area contributed by atoms with Crippen LogP contribution in [0.25, 0.3) is 0 Å². The second-order valence-corrected chi connectivity index (χ2v) is 3.74. The monoisotopic (exact) mass is 217 g/mol. The third-order valence-corrected chi connectivity index (χ3v) is 2.56. The van der Waals surface area contributed by atoms with Gasteiger partial charge in [0.05, 0.1) is 5.56 Å². The number of pyridine rings is 1. The maximum atomic E-state index is 11.7. The molecule has 0 fully saturated rings. The summed E-state index contributed by atoms with van der Waals surface area (Å²) in [5.74, 6) is -0.0625. The summed E-state index contributed by atoms with van der Waals surface area (Å²) in [4.78, 5) is 15.6. The molecule has 1 aliphatic heterocycles. The third-order valence-electron chi connectivity index (χ3n) is 2.56. The molecular weight excluding hydrogens is 202 g/mol. The Morgan fingerprint density at radius 2 is 2.50 bits per heavy atom. The van der Waals surface area contributed by atoms with Crippen molar-refractivity contribution >= 4 is 5.91 Å².